The molecule has 0 saturated carbocycles. The fourth-order valence-corrected chi connectivity index (χ4v) is 1.95. The monoisotopic (exact) mass is 266 g/mol. The zero-order chi connectivity index (χ0) is 14.0. The van der Waals surface area contributed by atoms with Gasteiger partial charge in [-0.05, 0) is 0 Å². The number of aromatic carboxylic acids is 1. The first kappa shape index (κ1) is 13.2. The average Bonchev–Trinajstić information content (AvgIpc) is 2.36. The molecule has 0 bridgehead atoms. The molecule has 0 fully saturated rings. The van der Waals surface area contributed by atoms with Crippen LogP contribution in [0.3, 0.4) is 0 Å². The van der Waals surface area contributed by atoms with Crippen molar-refractivity contribution in [3.63, 3.8) is 0 Å². The van der Waals surface area contributed by atoms with E-state index in [0.717, 1.165) is 0 Å². The van der Waals surface area contributed by atoms with Crippen LogP contribution in [0.5, 0.6) is 0 Å². The van der Waals surface area contributed by atoms with Gasteiger partial charge in [0, 0.05) is 24.0 Å². The number of carboxylic acids is 1. The first-order valence-corrected chi connectivity index (χ1v) is 5.61. The van der Waals surface area contributed by atoms with Crippen molar-refractivity contribution in [2.45, 2.75) is 6.43 Å². The zero-order valence-corrected chi connectivity index (χ0v) is 10.2. The van der Waals surface area contributed by atoms with E-state index in [4.69, 9.17) is 5.11 Å². The molecule has 19 heavy (non-hydrogen) atoms. The molecule has 0 radical (unpaired) electrons. The Morgan fingerprint density at radius 3 is 2.58 bits per heavy atom. The molecular formula is C13H12F2N2O2. The summed E-state index contributed by atoms with van der Waals surface area (Å²) in [6, 6.07) is 6.73. The maximum Gasteiger partial charge on any atom is 0.337 e. The van der Waals surface area contributed by atoms with E-state index in [1.54, 1.807) is 24.3 Å². The highest BCUT2D eigenvalue weighted by molar-refractivity contribution is 6.06. The molecule has 0 spiro atoms. The second kappa shape index (κ2) is 5.17. The van der Waals surface area contributed by atoms with Gasteiger partial charge in [0.25, 0.3) is 6.43 Å². The highest BCUT2D eigenvalue weighted by Gasteiger charge is 2.16. The number of hydrogen-bond acceptors (Lipinski definition) is 3. The van der Waals surface area contributed by atoms with Gasteiger partial charge in [0.2, 0.25) is 0 Å². The Kier molecular flexibility index (Phi) is 3.59. The van der Waals surface area contributed by atoms with Crippen molar-refractivity contribution in [2.75, 3.05) is 18.5 Å². The molecule has 1 heterocycles. The third kappa shape index (κ3) is 2.62. The minimum atomic E-state index is -2.48. The second-order valence-electron chi connectivity index (χ2n) is 4.12. The van der Waals surface area contributed by atoms with Crippen LogP contribution in [0.25, 0.3) is 10.8 Å². The molecule has 4 nitrogen and oxygen atoms in total. The minimum absolute atomic E-state index is 0.0600. The lowest BCUT2D eigenvalue weighted by atomic mass is 10.1. The molecule has 0 aliphatic carbocycles. The van der Waals surface area contributed by atoms with Crippen molar-refractivity contribution in [3.8, 4) is 0 Å². The van der Waals surface area contributed by atoms with E-state index >= 15 is 0 Å². The van der Waals surface area contributed by atoms with Crippen molar-refractivity contribution >= 4 is 22.6 Å². The molecule has 0 amide bonds. The molecule has 1 aromatic carbocycles. The summed E-state index contributed by atoms with van der Waals surface area (Å²) < 4.78 is 24.8. The molecule has 0 saturated heterocycles. The summed E-state index contributed by atoms with van der Waals surface area (Å²) in [5.41, 5.74) is 0.0600. The number of anilines is 1. The maximum atomic E-state index is 12.4. The van der Waals surface area contributed by atoms with Crippen molar-refractivity contribution in [2.24, 2.45) is 0 Å². The van der Waals surface area contributed by atoms with E-state index < -0.39 is 18.9 Å². The van der Waals surface area contributed by atoms with E-state index in [-0.39, 0.29) is 5.56 Å². The van der Waals surface area contributed by atoms with Crippen LogP contribution in [-0.4, -0.2) is 36.1 Å². The van der Waals surface area contributed by atoms with Gasteiger partial charge in [-0.15, -0.1) is 0 Å². The van der Waals surface area contributed by atoms with Gasteiger partial charge in [-0.3, -0.25) is 0 Å². The lowest BCUT2D eigenvalue weighted by Gasteiger charge is -2.19. The van der Waals surface area contributed by atoms with Crippen LogP contribution in [-0.2, 0) is 0 Å². The van der Waals surface area contributed by atoms with Gasteiger partial charge in [0.1, 0.15) is 5.82 Å². The first-order chi connectivity index (χ1) is 9.00. The van der Waals surface area contributed by atoms with Crippen molar-refractivity contribution in [1.29, 1.82) is 0 Å². The number of fused-ring (bicyclic) bond motifs is 1. The summed E-state index contributed by atoms with van der Waals surface area (Å²) >= 11 is 0. The Morgan fingerprint density at radius 1 is 1.37 bits per heavy atom. The highest BCUT2D eigenvalue weighted by atomic mass is 19.3. The quantitative estimate of drug-likeness (QED) is 0.924. The predicted molar refractivity (Wildman–Crippen MR) is 68.0 cm³/mol. The molecule has 0 aliphatic heterocycles. The molecule has 6 heteroatoms. The van der Waals surface area contributed by atoms with Crippen molar-refractivity contribution in [1.82, 2.24) is 4.98 Å². The number of halogens is 2. The summed E-state index contributed by atoms with van der Waals surface area (Å²) in [4.78, 5) is 16.4. The van der Waals surface area contributed by atoms with Gasteiger partial charge >= 0.3 is 5.97 Å². The van der Waals surface area contributed by atoms with Gasteiger partial charge in [-0.25, -0.2) is 18.6 Å². The zero-order valence-electron chi connectivity index (χ0n) is 10.2. The average molecular weight is 266 g/mol. The Hall–Kier alpha value is -2.24. The van der Waals surface area contributed by atoms with Crippen LogP contribution in [0.4, 0.5) is 14.6 Å². The Balaban J connectivity index is 2.58. The lowest BCUT2D eigenvalue weighted by Crippen LogP contribution is -2.25. The summed E-state index contributed by atoms with van der Waals surface area (Å²) in [5.74, 6) is -0.743. The first-order valence-electron chi connectivity index (χ1n) is 5.61. The number of carbonyl (C=O) groups is 1. The molecule has 1 aromatic heterocycles. The molecule has 0 unspecified atom stereocenters. The Labute approximate surface area is 108 Å². The smallest absolute Gasteiger partial charge is 0.337 e. The molecule has 2 rings (SSSR count). The van der Waals surface area contributed by atoms with E-state index in [9.17, 15) is 13.6 Å². The van der Waals surface area contributed by atoms with E-state index in [1.165, 1.54) is 18.1 Å². The van der Waals surface area contributed by atoms with E-state index in [1.807, 2.05) is 0 Å². The predicted octanol–water partition coefficient (Wildman–Crippen LogP) is 2.63. The van der Waals surface area contributed by atoms with Gasteiger partial charge in [0.15, 0.2) is 0 Å². The number of benzene rings is 1. The Morgan fingerprint density at radius 2 is 2.00 bits per heavy atom. The number of hydrogen-bond donors (Lipinski definition) is 1. The minimum Gasteiger partial charge on any atom is -0.478 e. The molecule has 1 N–H and O–H groups in total. The number of carboxylic acid groups (broad SMARTS) is 1. The normalized spacial score (nSPS) is 10.9. The summed E-state index contributed by atoms with van der Waals surface area (Å²) in [5, 5.41) is 10.1. The fourth-order valence-electron chi connectivity index (χ4n) is 1.95. The molecule has 0 aliphatic rings. The SMILES string of the molecule is CN(CC(F)F)c1ncc(C(=O)O)c2ccccc12. The largest absolute Gasteiger partial charge is 0.478 e. The van der Waals surface area contributed by atoms with Crippen molar-refractivity contribution in [3.05, 3.63) is 36.0 Å². The summed E-state index contributed by atoms with van der Waals surface area (Å²) in [7, 11) is 1.50. The molecular weight excluding hydrogens is 254 g/mol. The number of alkyl halides is 2. The number of nitrogens with zero attached hydrogens (tertiary/aromatic N) is 2. The maximum absolute atomic E-state index is 12.4. The highest BCUT2D eigenvalue weighted by Crippen LogP contribution is 2.26. The van der Waals surface area contributed by atoms with Gasteiger partial charge < -0.3 is 10.0 Å². The second-order valence-corrected chi connectivity index (χ2v) is 4.12. The van der Waals surface area contributed by atoms with E-state index in [2.05, 4.69) is 4.98 Å². The number of aromatic nitrogens is 1. The van der Waals surface area contributed by atoms with Gasteiger partial charge in [-0.1, -0.05) is 24.3 Å². The third-order valence-corrected chi connectivity index (χ3v) is 2.78. The summed E-state index contributed by atoms with van der Waals surface area (Å²) in [6.45, 7) is -0.455. The fraction of sp³-hybridized carbons (Fsp3) is 0.231. The van der Waals surface area contributed by atoms with Crippen LogP contribution in [0, 0.1) is 0 Å². The number of rotatable bonds is 4. The lowest BCUT2D eigenvalue weighted by molar-refractivity contribution is 0.0698. The van der Waals surface area contributed by atoms with Gasteiger partial charge in [-0.2, -0.15) is 0 Å². The van der Waals surface area contributed by atoms with Crippen LogP contribution in [0.2, 0.25) is 0 Å². The van der Waals surface area contributed by atoms with Crippen molar-refractivity contribution < 1.29 is 18.7 Å². The number of pyridine rings is 1. The van der Waals surface area contributed by atoms with Gasteiger partial charge in [0.05, 0.1) is 12.1 Å². The molecule has 100 valence electrons. The van der Waals surface area contributed by atoms with Crippen LogP contribution < -0.4 is 4.90 Å². The standard InChI is InChI=1S/C13H12F2N2O2/c1-17(7-11(14)15)12-9-5-3-2-4-8(9)10(6-16-12)13(18)19/h2-6,11H,7H2,1H3,(H,18,19). The molecule has 2 aromatic rings. The topological polar surface area (TPSA) is 53.4 Å². The van der Waals surface area contributed by atoms with Crippen LogP contribution in [0.15, 0.2) is 30.5 Å². The van der Waals surface area contributed by atoms with Crippen LogP contribution >= 0.6 is 0 Å². The summed E-state index contributed by atoms with van der Waals surface area (Å²) in [6.07, 6.45) is -1.29. The van der Waals surface area contributed by atoms with Crippen LogP contribution in [0.1, 0.15) is 10.4 Å². The van der Waals surface area contributed by atoms with E-state index in [0.29, 0.717) is 16.6 Å². The molecule has 0 atom stereocenters. The third-order valence-electron chi connectivity index (χ3n) is 2.78. The Bertz CT molecular complexity index is 617.